The summed E-state index contributed by atoms with van der Waals surface area (Å²) in [4.78, 5) is 14.3. The normalized spacial score (nSPS) is 11.9. The predicted molar refractivity (Wildman–Crippen MR) is 78.8 cm³/mol. The minimum Gasteiger partial charge on any atom is -0.550 e. The van der Waals surface area contributed by atoms with E-state index in [2.05, 4.69) is 4.98 Å². The molecule has 0 spiro atoms. The van der Waals surface area contributed by atoms with Crippen molar-refractivity contribution in [2.45, 2.75) is 18.9 Å². The van der Waals surface area contributed by atoms with Crippen LogP contribution >= 0.6 is 0 Å². The van der Waals surface area contributed by atoms with Gasteiger partial charge in [-0.15, -0.1) is 0 Å². The second kappa shape index (κ2) is 9.22. The van der Waals surface area contributed by atoms with Crippen LogP contribution in [0.15, 0.2) is 48.8 Å². The number of nitrogens with zero attached hydrogens (tertiary/aromatic N) is 1. The first-order valence-electron chi connectivity index (χ1n) is 6.71. The third kappa shape index (κ3) is 5.86. The van der Waals surface area contributed by atoms with Gasteiger partial charge in [0.2, 0.25) is 0 Å². The van der Waals surface area contributed by atoms with Crippen molar-refractivity contribution in [1.29, 1.82) is 0 Å². The van der Waals surface area contributed by atoms with Crippen molar-refractivity contribution < 1.29 is 33.9 Å². The maximum Gasteiger partial charge on any atom is 1.00 e. The number of carbonyl (C=O) groups excluding carboxylic acids is 1. The number of carbonyl (C=O) groups is 1. The van der Waals surface area contributed by atoms with Gasteiger partial charge in [-0.25, -0.2) is 0 Å². The van der Waals surface area contributed by atoms with E-state index in [1.54, 1.807) is 24.5 Å². The van der Waals surface area contributed by atoms with Crippen LogP contribution in [0.3, 0.4) is 0 Å². The van der Waals surface area contributed by atoms with Gasteiger partial charge in [0.25, 0.3) is 0 Å². The summed E-state index contributed by atoms with van der Waals surface area (Å²) in [6, 6.07) is 11.2. The second-order valence-electron chi connectivity index (χ2n) is 4.71. The first kappa shape index (κ1) is 18.2. The molecule has 1 unspecified atom stereocenters. The Kier molecular flexibility index (Phi) is 7.62. The zero-order valence-corrected chi connectivity index (χ0v) is 12.5. The Labute approximate surface area is 141 Å². The van der Waals surface area contributed by atoms with Gasteiger partial charge in [-0.05, 0) is 41.7 Å². The standard InChI is InChI=1S/C17H17NO3.Li/c19-16(7-8-17(20)21)15-5-3-13(4-6-15)1-2-14-9-11-18-12-10-14;/h1-6,9-12,16,19H,7-8H2,(H,20,21);/q;+1/p-1/b2-1+;. The van der Waals surface area contributed by atoms with Crippen molar-refractivity contribution in [3.05, 3.63) is 65.5 Å². The van der Waals surface area contributed by atoms with Gasteiger partial charge in [0.05, 0.1) is 6.10 Å². The molecule has 1 heterocycles. The van der Waals surface area contributed by atoms with Crippen molar-refractivity contribution in [3.63, 3.8) is 0 Å². The van der Waals surface area contributed by atoms with E-state index in [1.807, 2.05) is 36.4 Å². The predicted octanol–water partition coefficient (Wildman–Crippen LogP) is -1.18. The molecule has 1 atom stereocenters. The summed E-state index contributed by atoms with van der Waals surface area (Å²) in [5.74, 6) is -1.15. The summed E-state index contributed by atoms with van der Waals surface area (Å²) in [7, 11) is 0. The number of carboxylic acids is 1. The van der Waals surface area contributed by atoms with Crippen LogP contribution in [-0.4, -0.2) is 16.1 Å². The molecule has 1 aromatic carbocycles. The smallest absolute Gasteiger partial charge is 0.550 e. The number of benzene rings is 1. The van der Waals surface area contributed by atoms with Crippen molar-refractivity contribution in [1.82, 2.24) is 4.98 Å². The molecule has 2 rings (SSSR count). The van der Waals surface area contributed by atoms with E-state index in [4.69, 9.17) is 0 Å². The van der Waals surface area contributed by atoms with Gasteiger partial charge in [-0.2, -0.15) is 0 Å². The molecular weight excluding hydrogens is 273 g/mol. The minimum atomic E-state index is -1.15. The van der Waals surface area contributed by atoms with Crippen LogP contribution in [-0.2, 0) is 4.79 Å². The maximum atomic E-state index is 10.4. The summed E-state index contributed by atoms with van der Waals surface area (Å²) in [6.07, 6.45) is 6.64. The second-order valence-corrected chi connectivity index (χ2v) is 4.71. The molecule has 2 aromatic rings. The van der Waals surface area contributed by atoms with E-state index in [0.717, 1.165) is 11.1 Å². The summed E-state index contributed by atoms with van der Waals surface area (Å²) in [5, 5.41) is 20.2. The van der Waals surface area contributed by atoms with Crippen molar-refractivity contribution in [2.24, 2.45) is 0 Å². The molecule has 1 N–H and O–H groups in total. The fraction of sp³-hybridized carbons (Fsp3) is 0.176. The number of aromatic nitrogens is 1. The quantitative estimate of drug-likeness (QED) is 0.679. The van der Waals surface area contributed by atoms with Gasteiger partial charge in [0, 0.05) is 18.4 Å². The van der Waals surface area contributed by atoms with Crippen molar-refractivity contribution in [2.75, 3.05) is 0 Å². The van der Waals surface area contributed by atoms with E-state index in [-0.39, 0.29) is 31.7 Å². The average molecular weight is 289 g/mol. The Balaban J connectivity index is 0.00000242. The van der Waals surface area contributed by atoms with Crippen LogP contribution in [0.4, 0.5) is 0 Å². The minimum absolute atomic E-state index is 0. The van der Waals surface area contributed by atoms with Crippen molar-refractivity contribution >= 4 is 18.1 Å². The number of pyridine rings is 1. The molecule has 108 valence electrons. The molecule has 0 saturated heterocycles. The molecule has 1 aromatic heterocycles. The first-order valence-corrected chi connectivity index (χ1v) is 6.71. The van der Waals surface area contributed by atoms with E-state index in [9.17, 15) is 15.0 Å². The molecule has 0 bridgehead atoms. The van der Waals surface area contributed by atoms with Crippen LogP contribution in [0.5, 0.6) is 0 Å². The Morgan fingerprint density at radius 2 is 1.64 bits per heavy atom. The third-order valence-electron chi connectivity index (χ3n) is 3.12. The topological polar surface area (TPSA) is 73.2 Å². The Morgan fingerprint density at radius 3 is 2.18 bits per heavy atom. The van der Waals surface area contributed by atoms with Crippen LogP contribution in [0.25, 0.3) is 12.2 Å². The molecule has 0 amide bonds. The summed E-state index contributed by atoms with van der Waals surface area (Å²) in [5.41, 5.74) is 2.77. The van der Waals surface area contributed by atoms with Crippen LogP contribution in [0, 0.1) is 0 Å². The summed E-state index contributed by atoms with van der Waals surface area (Å²) < 4.78 is 0. The summed E-state index contributed by atoms with van der Waals surface area (Å²) in [6.45, 7) is 0. The van der Waals surface area contributed by atoms with Gasteiger partial charge in [-0.3, -0.25) is 4.98 Å². The van der Waals surface area contributed by atoms with E-state index >= 15 is 0 Å². The molecule has 0 aliphatic rings. The van der Waals surface area contributed by atoms with Crippen molar-refractivity contribution in [3.8, 4) is 0 Å². The van der Waals surface area contributed by atoms with Gasteiger partial charge in [-0.1, -0.05) is 36.4 Å². The maximum absolute atomic E-state index is 10.4. The molecule has 0 radical (unpaired) electrons. The van der Waals surface area contributed by atoms with Crippen LogP contribution in [0.1, 0.15) is 35.6 Å². The van der Waals surface area contributed by atoms with Gasteiger partial charge in [0.15, 0.2) is 0 Å². The van der Waals surface area contributed by atoms with Crippen LogP contribution < -0.4 is 24.0 Å². The Bertz CT molecular complexity index is 612. The molecule has 0 aliphatic carbocycles. The molecule has 4 nitrogen and oxygen atoms in total. The van der Waals surface area contributed by atoms with Gasteiger partial charge < -0.3 is 15.0 Å². The number of aliphatic hydroxyl groups is 1. The van der Waals surface area contributed by atoms with Gasteiger partial charge >= 0.3 is 18.9 Å². The molecule has 0 fully saturated rings. The van der Waals surface area contributed by atoms with E-state index in [1.165, 1.54) is 0 Å². The molecule has 0 saturated carbocycles. The van der Waals surface area contributed by atoms with Gasteiger partial charge in [0.1, 0.15) is 0 Å². The number of aliphatic carboxylic acids is 1. The monoisotopic (exact) mass is 289 g/mol. The number of hydrogen-bond donors (Lipinski definition) is 1. The zero-order chi connectivity index (χ0) is 15.1. The zero-order valence-electron chi connectivity index (χ0n) is 12.5. The average Bonchev–Trinajstić information content (AvgIpc) is 2.52. The van der Waals surface area contributed by atoms with E-state index < -0.39 is 12.1 Å². The Morgan fingerprint density at radius 1 is 1.09 bits per heavy atom. The summed E-state index contributed by atoms with van der Waals surface area (Å²) >= 11 is 0. The molecular formula is C17H16LiNO3. The largest absolute Gasteiger partial charge is 1.00 e. The number of aliphatic hydroxyl groups excluding tert-OH is 1. The fourth-order valence-corrected chi connectivity index (χ4v) is 1.92. The fourth-order valence-electron chi connectivity index (χ4n) is 1.92. The number of hydrogen-bond acceptors (Lipinski definition) is 4. The third-order valence-corrected chi connectivity index (χ3v) is 3.12. The number of carboxylic acid groups (broad SMARTS) is 1. The van der Waals surface area contributed by atoms with Crippen LogP contribution in [0.2, 0.25) is 0 Å². The molecule has 0 aliphatic heterocycles. The Hall–Kier alpha value is -1.86. The molecule has 22 heavy (non-hydrogen) atoms. The first-order chi connectivity index (χ1) is 10.1. The molecule has 5 heteroatoms. The number of rotatable bonds is 6. The SMILES string of the molecule is O=C([O-])CCC(O)c1ccc(/C=C/c2ccncc2)cc1.[Li+]. The van der Waals surface area contributed by atoms with E-state index in [0.29, 0.717) is 5.56 Å².